The molecule has 1 aliphatic heterocycles. The molecule has 0 atom stereocenters. The molecule has 1 heterocycles. The van der Waals surface area contributed by atoms with Crippen molar-refractivity contribution in [3.63, 3.8) is 0 Å². The standard InChI is InChI=1S/C18H24O2.4C2H6/c1-12-11-13(2)16-17(20-10-9-19-16)15(12)14-5-7-18(3,4)8-6-14;4*1-2/h5,11H,6-10H2,1-4H3;4*1-2H3. The van der Waals surface area contributed by atoms with Crippen LogP contribution in [0.5, 0.6) is 11.5 Å². The lowest BCUT2D eigenvalue weighted by atomic mass is 9.76. The summed E-state index contributed by atoms with van der Waals surface area (Å²) in [6, 6.07) is 2.23. The molecular formula is C26H48O2. The summed E-state index contributed by atoms with van der Waals surface area (Å²) in [5.41, 5.74) is 5.62. The summed E-state index contributed by atoms with van der Waals surface area (Å²) in [4.78, 5) is 0. The minimum atomic E-state index is 0.430. The summed E-state index contributed by atoms with van der Waals surface area (Å²) in [5.74, 6) is 1.92. The van der Waals surface area contributed by atoms with E-state index in [-0.39, 0.29) is 0 Å². The zero-order chi connectivity index (χ0) is 22.3. The number of hydrogen-bond acceptors (Lipinski definition) is 2. The highest BCUT2D eigenvalue weighted by Gasteiger charge is 2.27. The fourth-order valence-electron chi connectivity index (χ4n) is 3.24. The van der Waals surface area contributed by atoms with Gasteiger partial charge in [0.25, 0.3) is 0 Å². The van der Waals surface area contributed by atoms with Crippen LogP contribution in [0.15, 0.2) is 12.1 Å². The number of allylic oxidation sites excluding steroid dienone is 2. The molecule has 0 amide bonds. The highest BCUT2D eigenvalue weighted by atomic mass is 16.6. The lowest BCUT2D eigenvalue weighted by Crippen LogP contribution is -2.19. The number of hydrogen-bond donors (Lipinski definition) is 0. The van der Waals surface area contributed by atoms with E-state index < -0.39 is 0 Å². The van der Waals surface area contributed by atoms with Crippen molar-refractivity contribution in [3.8, 4) is 11.5 Å². The van der Waals surface area contributed by atoms with E-state index in [0.717, 1.165) is 24.3 Å². The Bertz CT molecular complexity index is 568. The molecule has 1 aromatic rings. The monoisotopic (exact) mass is 392 g/mol. The summed E-state index contributed by atoms with van der Waals surface area (Å²) in [6.07, 6.45) is 5.92. The lowest BCUT2D eigenvalue weighted by molar-refractivity contribution is 0.169. The number of rotatable bonds is 1. The molecule has 1 aromatic carbocycles. The molecule has 0 fully saturated rings. The number of ether oxygens (including phenoxy) is 2. The van der Waals surface area contributed by atoms with Crippen molar-refractivity contribution in [2.75, 3.05) is 13.2 Å². The van der Waals surface area contributed by atoms with Gasteiger partial charge in [0.2, 0.25) is 0 Å². The van der Waals surface area contributed by atoms with Crippen LogP contribution in [0.4, 0.5) is 0 Å². The maximum atomic E-state index is 5.96. The Balaban J connectivity index is 0. The minimum absolute atomic E-state index is 0.430. The van der Waals surface area contributed by atoms with Gasteiger partial charge >= 0.3 is 0 Å². The minimum Gasteiger partial charge on any atom is -0.486 e. The third kappa shape index (κ3) is 7.89. The predicted octanol–water partition coefficient (Wildman–Crippen LogP) is 8.77. The first-order chi connectivity index (χ1) is 13.5. The quantitative estimate of drug-likeness (QED) is 0.475. The highest BCUT2D eigenvalue weighted by Crippen LogP contribution is 2.46. The van der Waals surface area contributed by atoms with Crippen LogP contribution in [0.2, 0.25) is 0 Å². The van der Waals surface area contributed by atoms with Gasteiger partial charge in [-0.3, -0.25) is 0 Å². The van der Waals surface area contributed by atoms with Crippen LogP contribution in [0, 0.1) is 19.3 Å². The highest BCUT2D eigenvalue weighted by molar-refractivity contribution is 5.77. The van der Waals surface area contributed by atoms with Gasteiger partial charge in [0.1, 0.15) is 13.2 Å². The van der Waals surface area contributed by atoms with Gasteiger partial charge in [0, 0.05) is 5.56 Å². The molecule has 1 aliphatic carbocycles. The van der Waals surface area contributed by atoms with E-state index in [9.17, 15) is 0 Å². The molecule has 2 aliphatic rings. The van der Waals surface area contributed by atoms with Crippen LogP contribution in [-0.4, -0.2) is 13.2 Å². The van der Waals surface area contributed by atoms with E-state index in [1.54, 1.807) is 0 Å². The number of fused-ring (bicyclic) bond motifs is 1. The van der Waals surface area contributed by atoms with Crippen molar-refractivity contribution >= 4 is 5.57 Å². The van der Waals surface area contributed by atoms with E-state index in [2.05, 4.69) is 39.8 Å². The Kier molecular flexibility index (Phi) is 15.9. The van der Waals surface area contributed by atoms with Crippen LogP contribution in [0.25, 0.3) is 5.57 Å². The zero-order valence-corrected chi connectivity index (χ0v) is 21.0. The van der Waals surface area contributed by atoms with Gasteiger partial charge in [-0.05, 0) is 55.2 Å². The van der Waals surface area contributed by atoms with E-state index in [1.165, 1.54) is 28.7 Å². The molecule has 2 heteroatoms. The number of benzene rings is 1. The van der Waals surface area contributed by atoms with E-state index in [1.807, 2.05) is 55.4 Å². The Morgan fingerprint density at radius 1 is 0.750 bits per heavy atom. The van der Waals surface area contributed by atoms with Crippen molar-refractivity contribution in [2.24, 2.45) is 5.41 Å². The lowest BCUT2D eigenvalue weighted by Gasteiger charge is -2.31. The van der Waals surface area contributed by atoms with Gasteiger partial charge in [0.15, 0.2) is 11.5 Å². The van der Waals surface area contributed by atoms with Crippen LogP contribution < -0.4 is 9.47 Å². The molecular weight excluding hydrogens is 344 g/mol. The zero-order valence-electron chi connectivity index (χ0n) is 21.0. The van der Waals surface area contributed by atoms with Gasteiger partial charge in [-0.1, -0.05) is 81.4 Å². The number of aryl methyl sites for hydroxylation is 2. The van der Waals surface area contributed by atoms with Crippen LogP contribution >= 0.6 is 0 Å². The molecule has 0 saturated carbocycles. The van der Waals surface area contributed by atoms with Crippen molar-refractivity contribution in [3.05, 3.63) is 28.8 Å². The average molecular weight is 393 g/mol. The molecule has 0 bridgehead atoms. The van der Waals surface area contributed by atoms with Crippen molar-refractivity contribution in [1.29, 1.82) is 0 Å². The van der Waals surface area contributed by atoms with E-state index >= 15 is 0 Å². The fraction of sp³-hybridized carbons (Fsp3) is 0.692. The maximum absolute atomic E-state index is 5.96. The Labute approximate surface area is 176 Å². The SMILES string of the molecule is CC.CC.CC.CC.Cc1cc(C)c(C2=CCC(C)(C)CC2)c2c1OCCO2. The second-order valence-electron chi connectivity index (χ2n) is 6.84. The maximum Gasteiger partial charge on any atom is 0.169 e. The van der Waals surface area contributed by atoms with Gasteiger partial charge < -0.3 is 9.47 Å². The predicted molar refractivity (Wildman–Crippen MR) is 128 cm³/mol. The first-order valence-electron chi connectivity index (χ1n) is 11.6. The van der Waals surface area contributed by atoms with Gasteiger partial charge in [-0.25, -0.2) is 0 Å². The second kappa shape index (κ2) is 15.5. The largest absolute Gasteiger partial charge is 0.486 e. The molecule has 0 radical (unpaired) electrons. The van der Waals surface area contributed by atoms with Crippen molar-refractivity contribution < 1.29 is 9.47 Å². The third-order valence-corrected chi connectivity index (χ3v) is 4.49. The van der Waals surface area contributed by atoms with Crippen molar-refractivity contribution in [2.45, 2.75) is 102 Å². The molecule has 0 saturated heterocycles. The molecule has 164 valence electrons. The molecule has 2 nitrogen and oxygen atoms in total. The fourth-order valence-corrected chi connectivity index (χ4v) is 3.24. The summed E-state index contributed by atoms with van der Waals surface area (Å²) >= 11 is 0. The smallest absolute Gasteiger partial charge is 0.169 e. The molecule has 0 N–H and O–H groups in total. The second-order valence-corrected chi connectivity index (χ2v) is 6.84. The Morgan fingerprint density at radius 3 is 1.71 bits per heavy atom. The summed E-state index contributed by atoms with van der Waals surface area (Å²) in [7, 11) is 0. The van der Waals surface area contributed by atoms with E-state index in [0.29, 0.717) is 18.6 Å². The Morgan fingerprint density at radius 2 is 1.25 bits per heavy atom. The van der Waals surface area contributed by atoms with Crippen molar-refractivity contribution in [1.82, 2.24) is 0 Å². The van der Waals surface area contributed by atoms with Crippen LogP contribution in [0.3, 0.4) is 0 Å². The van der Waals surface area contributed by atoms with Crippen LogP contribution in [0.1, 0.15) is 105 Å². The summed E-state index contributed by atoms with van der Waals surface area (Å²) in [5, 5.41) is 0. The van der Waals surface area contributed by atoms with Gasteiger partial charge in [-0.15, -0.1) is 0 Å². The molecule has 0 aromatic heterocycles. The van der Waals surface area contributed by atoms with Gasteiger partial charge in [0.05, 0.1) is 0 Å². The molecule has 28 heavy (non-hydrogen) atoms. The van der Waals surface area contributed by atoms with E-state index in [4.69, 9.17) is 9.47 Å². The Hall–Kier alpha value is -1.44. The third-order valence-electron chi connectivity index (χ3n) is 4.49. The molecule has 0 spiro atoms. The first kappa shape index (κ1) is 28.8. The van der Waals surface area contributed by atoms with Gasteiger partial charge in [-0.2, -0.15) is 0 Å². The normalized spacial score (nSPS) is 15.5. The summed E-state index contributed by atoms with van der Waals surface area (Å²) in [6.45, 7) is 26.3. The topological polar surface area (TPSA) is 18.5 Å². The molecule has 0 unspecified atom stereocenters. The molecule has 3 rings (SSSR count). The summed E-state index contributed by atoms with van der Waals surface area (Å²) < 4.78 is 11.8. The van der Waals surface area contributed by atoms with Crippen LogP contribution in [-0.2, 0) is 0 Å². The first-order valence-corrected chi connectivity index (χ1v) is 11.6. The average Bonchev–Trinajstić information content (AvgIpc) is 2.75.